The van der Waals surface area contributed by atoms with E-state index in [0.29, 0.717) is 34.5 Å². The third kappa shape index (κ3) is 1.87. The van der Waals surface area contributed by atoms with Gasteiger partial charge in [0.15, 0.2) is 0 Å². The molecule has 1 heterocycles. The highest BCUT2D eigenvalue weighted by Crippen LogP contribution is 2.26. The Balaban J connectivity index is 2.61. The van der Waals surface area contributed by atoms with E-state index >= 15 is 0 Å². The van der Waals surface area contributed by atoms with Gasteiger partial charge in [0.2, 0.25) is 0 Å². The summed E-state index contributed by atoms with van der Waals surface area (Å²) in [6.45, 7) is 3.78. The van der Waals surface area contributed by atoms with E-state index in [1.54, 1.807) is 32.0 Å². The monoisotopic (exact) mass is 229 g/mol. The number of esters is 1. The molecule has 0 radical (unpaired) electrons. The van der Waals surface area contributed by atoms with Gasteiger partial charge in [0, 0.05) is 5.39 Å². The fourth-order valence-electron chi connectivity index (χ4n) is 1.75. The van der Waals surface area contributed by atoms with Crippen LogP contribution in [0, 0.1) is 18.3 Å². The van der Waals surface area contributed by atoms with Gasteiger partial charge in [0.05, 0.1) is 18.2 Å². The lowest BCUT2D eigenvalue weighted by molar-refractivity contribution is 0.0526. The fraction of sp³-hybridized carbons (Fsp3) is 0.231. The van der Waals surface area contributed by atoms with Gasteiger partial charge in [-0.3, -0.25) is 0 Å². The number of benzene rings is 1. The van der Waals surface area contributed by atoms with Crippen molar-refractivity contribution in [1.82, 2.24) is 0 Å². The van der Waals surface area contributed by atoms with E-state index in [-0.39, 0.29) is 0 Å². The Bertz CT molecular complexity index is 619. The van der Waals surface area contributed by atoms with Crippen molar-refractivity contribution >= 4 is 16.9 Å². The van der Waals surface area contributed by atoms with Crippen LogP contribution in [0.5, 0.6) is 0 Å². The predicted molar refractivity (Wildman–Crippen MR) is 61.6 cm³/mol. The molecule has 17 heavy (non-hydrogen) atoms. The molecule has 0 fully saturated rings. The van der Waals surface area contributed by atoms with Crippen LogP contribution in [-0.4, -0.2) is 12.6 Å². The number of hydrogen-bond donors (Lipinski definition) is 0. The number of ether oxygens (including phenoxy) is 1. The summed E-state index contributed by atoms with van der Waals surface area (Å²) in [4.78, 5) is 11.7. The molecule has 0 saturated carbocycles. The minimum Gasteiger partial charge on any atom is -0.462 e. The maximum absolute atomic E-state index is 11.7. The second-order valence-corrected chi connectivity index (χ2v) is 3.58. The zero-order valence-electron chi connectivity index (χ0n) is 9.61. The number of nitriles is 1. The van der Waals surface area contributed by atoms with Gasteiger partial charge >= 0.3 is 5.97 Å². The Kier molecular flexibility index (Phi) is 2.84. The van der Waals surface area contributed by atoms with E-state index in [9.17, 15) is 4.79 Å². The molecule has 0 saturated heterocycles. The second kappa shape index (κ2) is 4.30. The third-order valence-corrected chi connectivity index (χ3v) is 2.47. The lowest BCUT2D eigenvalue weighted by Crippen LogP contribution is -2.05. The Morgan fingerprint density at radius 3 is 2.94 bits per heavy atom. The number of hydrogen-bond acceptors (Lipinski definition) is 4. The van der Waals surface area contributed by atoms with Gasteiger partial charge in [-0.2, -0.15) is 5.26 Å². The van der Waals surface area contributed by atoms with Gasteiger partial charge in [-0.1, -0.05) is 0 Å². The number of nitrogens with zero attached hydrogens (tertiary/aromatic N) is 1. The highest BCUT2D eigenvalue weighted by Gasteiger charge is 2.19. The van der Waals surface area contributed by atoms with E-state index in [0.717, 1.165) is 0 Å². The first-order valence-corrected chi connectivity index (χ1v) is 5.27. The molecular weight excluding hydrogens is 218 g/mol. The van der Waals surface area contributed by atoms with Gasteiger partial charge in [-0.15, -0.1) is 0 Å². The molecule has 1 aromatic heterocycles. The first-order valence-electron chi connectivity index (χ1n) is 5.27. The molecule has 2 aromatic rings. The van der Waals surface area contributed by atoms with E-state index in [1.165, 1.54) is 0 Å². The Hall–Kier alpha value is -2.28. The number of fused-ring (bicyclic) bond motifs is 1. The topological polar surface area (TPSA) is 63.2 Å². The molecule has 4 nitrogen and oxygen atoms in total. The van der Waals surface area contributed by atoms with Crippen molar-refractivity contribution in [2.24, 2.45) is 0 Å². The van der Waals surface area contributed by atoms with Crippen LogP contribution in [0.3, 0.4) is 0 Å². The van der Waals surface area contributed by atoms with Crippen molar-refractivity contribution in [2.45, 2.75) is 13.8 Å². The van der Waals surface area contributed by atoms with Crippen LogP contribution < -0.4 is 0 Å². The van der Waals surface area contributed by atoms with E-state index in [4.69, 9.17) is 14.4 Å². The van der Waals surface area contributed by atoms with Gasteiger partial charge in [0.25, 0.3) is 0 Å². The normalized spacial score (nSPS) is 10.2. The van der Waals surface area contributed by atoms with Crippen LogP contribution in [-0.2, 0) is 4.74 Å². The van der Waals surface area contributed by atoms with Crippen LogP contribution in [0.1, 0.15) is 28.6 Å². The quantitative estimate of drug-likeness (QED) is 0.743. The minimum atomic E-state index is -0.395. The molecule has 0 aliphatic rings. The van der Waals surface area contributed by atoms with E-state index < -0.39 is 5.97 Å². The number of aryl methyl sites for hydroxylation is 1. The number of carbonyl (C=O) groups is 1. The molecular formula is C13H11NO3. The van der Waals surface area contributed by atoms with Crippen LogP contribution in [0.25, 0.3) is 11.0 Å². The van der Waals surface area contributed by atoms with Crippen molar-refractivity contribution in [2.75, 3.05) is 6.61 Å². The van der Waals surface area contributed by atoms with Crippen LogP contribution in [0.15, 0.2) is 22.6 Å². The Morgan fingerprint density at radius 1 is 1.53 bits per heavy atom. The summed E-state index contributed by atoms with van der Waals surface area (Å²) >= 11 is 0. The maximum atomic E-state index is 11.7. The zero-order valence-corrected chi connectivity index (χ0v) is 9.61. The molecule has 0 bridgehead atoms. The van der Waals surface area contributed by atoms with Crippen LogP contribution in [0.4, 0.5) is 0 Å². The highest BCUT2D eigenvalue weighted by atomic mass is 16.5. The standard InChI is InChI=1S/C13H11NO3/c1-3-16-13(15)12-8(2)17-11-6-9(7-14)4-5-10(11)12/h4-6H,3H2,1-2H3. The average molecular weight is 229 g/mol. The van der Waals surface area contributed by atoms with Crippen molar-refractivity contribution < 1.29 is 13.9 Å². The van der Waals surface area contributed by atoms with E-state index in [2.05, 4.69) is 0 Å². The minimum absolute atomic E-state index is 0.321. The molecule has 0 aliphatic heterocycles. The zero-order chi connectivity index (χ0) is 12.4. The largest absolute Gasteiger partial charge is 0.462 e. The maximum Gasteiger partial charge on any atom is 0.342 e. The molecule has 0 unspecified atom stereocenters. The van der Waals surface area contributed by atoms with Crippen molar-refractivity contribution in [3.05, 3.63) is 35.1 Å². The number of rotatable bonds is 2. The fourth-order valence-corrected chi connectivity index (χ4v) is 1.75. The summed E-state index contributed by atoms with van der Waals surface area (Å²) in [6.07, 6.45) is 0. The number of carbonyl (C=O) groups excluding carboxylic acids is 1. The molecule has 0 amide bonds. The summed E-state index contributed by atoms with van der Waals surface area (Å²) in [5.41, 5.74) is 1.47. The Labute approximate surface area is 98.4 Å². The SMILES string of the molecule is CCOC(=O)c1c(C)oc2cc(C#N)ccc12. The molecule has 0 atom stereocenters. The number of furan rings is 1. The third-order valence-electron chi connectivity index (χ3n) is 2.47. The molecule has 0 N–H and O–H groups in total. The molecule has 4 heteroatoms. The first-order chi connectivity index (χ1) is 8.17. The lowest BCUT2D eigenvalue weighted by Gasteiger charge is -1.99. The smallest absolute Gasteiger partial charge is 0.342 e. The highest BCUT2D eigenvalue weighted by molar-refractivity contribution is 6.04. The van der Waals surface area contributed by atoms with Gasteiger partial charge in [-0.25, -0.2) is 4.79 Å². The van der Waals surface area contributed by atoms with Gasteiger partial charge in [-0.05, 0) is 32.0 Å². The summed E-state index contributed by atoms with van der Waals surface area (Å²) in [7, 11) is 0. The van der Waals surface area contributed by atoms with Crippen molar-refractivity contribution in [3.8, 4) is 6.07 Å². The molecule has 86 valence electrons. The first kappa shape index (κ1) is 11.2. The molecule has 1 aromatic carbocycles. The van der Waals surface area contributed by atoms with Crippen molar-refractivity contribution in [3.63, 3.8) is 0 Å². The predicted octanol–water partition coefficient (Wildman–Crippen LogP) is 2.79. The van der Waals surface area contributed by atoms with Crippen LogP contribution in [0.2, 0.25) is 0 Å². The summed E-state index contributed by atoms with van der Waals surface area (Å²) in [6, 6.07) is 7.00. The van der Waals surface area contributed by atoms with Gasteiger partial charge < -0.3 is 9.15 Å². The lowest BCUT2D eigenvalue weighted by atomic mass is 10.1. The summed E-state index contributed by atoms with van der Waals surface area (Å²) in [5.74, 6) is 0.113. The summed E-state index contributed by atoms with van der Waals surface area (Å²) in [5, 5.41) is 9.46. The van der Waals surface area contributed by atoms with Crippen LogP contribution >= 0.6 is 0 Å². The summed E-state index contributed by atoms with van der Waals surface area (Å²) < 4.78 is 10.4. The average Bonchev–Trinajstić information content (AvgIpc) is 2.64. The molecule has 2 rings (SSSR count). The van der Waals surface area contributed by atoms with Gasteiger partial charge in [0.1, 0.15) is 16.9 Å². The molecule has 0 spiro atoms. The second-order valence-electron chi connectivity index (χ2n) is 3.58. The van der Waals surface area contributed by atoms with E-state index in [1.807, 2.05) is 6.07 Å². The van der Waals surface area contributed by atoms with Crippen molar-refractivity contribution in [1.29, 1.82) is 5.26 Å². The Morgan fingerprint density at radius 2 is 2.29 bits per heavy atom. The molecule has 0 aliphatic carbocycles.